The Hall–Kier alpha value is -1.55. The number of furan rings is 1. The van der Waals surface area contributed by atoms with E-state index < -0.39 is 0 Å². The lowest BCUT2D eigenvalue weighted by molar-refractivity contribution is 0.535. The number of hydrogen-bond acceptors (Lipinski definition) is 3. The number of aryl methyl sites for hydroxylation is 1. The third kappa shape index (κ3) is 2.77. The molecule has 3 nitrogen and oxygen atoms in total. The minimum absolute atomic E-state index is 0.285. The average Bonchev–Trinajstić information content (AvgIpc) is 2.86. The van der Waals surface area contributed by atoms with Crippen LogP contribution < -0.4 is 0 Å². The van der Waals surface area contributed by atoms with E-state index >= 15 is 0 Å². The molecule has 0 saturated carbocycles. The van der Waals surface area contributed by atoms with Crippen molar-refractivity contribution in [3.63, 3.8) is 0 Å². The molecule has 0 unspecified atom stereocenters. The van der Waals surface area contributed by atoms with E-state index in [1.54, 1.807) is 24.5 Å². The molecule has 0 amide bonds. The fourth-order valence-corrected chi connectivity index (χ4v) is 2.73. The van der Waals surface area contributed by atoms with Crippen LogP contribution in [0.4, 0.5) is 0 Å². The van der Waals surface area contributed by atoms with Crippen LogP contribution in [0.5, 0.6) is 0 Å². The molecule has 0 N–H and O–H groups in total. The summed E-state index contributed by atoms with van der Waals surface area (Å²) in [4.78, 5) is 8.63. The van der Waals surface area contributed by atoms with Crippen molar-refractivity contribution in [2.24, 2.45) is 0 Å². The SMILES string of the molecule is Cc1occc1-c1nc(Cl)c(-c2ccc(Cl)cc2)c(Cl)n1. The van der Waals surface area contributed by atoms with Gasteiger partial charge in [-0.3, -0.25) is 0 Å². The fourth-order valence-electron chi connectivity index (χ4n) is 2.00. The summed E-state index contributed by atoms with van der Waals surface area (Å²) in [6, 6.07) is 8.94. The molecule has 106 valence electrons. The van der Waals surface area contributed by atoms with Gasteiger partial charge in [-0.1, -0.05) is 46.9 Å². The maximum Gasteiger partial charge on any atom is 0.166 e. The van der Waals surface area contributed by atoms with Crippen LogP contribution in [0.3, 0.4) is 0 Å². The van der Waals surface area contributed by atoms with Gasteiger partial charge in [-0.25, -0.2) is 9.97 Å². The maximum atomic E-state index is 6.28. The molecule has 0 aliphatic carbocycles. The van der Waals surface area contributed by atoms with Crippen molar-refractivity contribution < 1.29 is 4.42 Å². The molecule has 6 heteroatoms. The zero-order chi connectivity index (χ0) is 15.0. The summed E-state index contributed by atoms with van der Waals surface area (Å²) in [5, 5.41) is 1.21. The van der Waals surface area contributed by atoms with Crippen molar-refractivity contribution in [1.82, 2.24) is 9.97 Å². The van der Waals surface area contributed by atoms with Gasteiger partial charge in [0.15, 0.2) is 5.82 Å². The van der Waals surface area contributed by atoms with Crippen LogP contribution in [0.15, 0.2) is 41.0 Å². The van der Waals surface area contributed by atoms with Crippen molar-refractivity contribution in [3.05, 3.63) is 57.7 Å². The van der Waals surface area contributed by atoms with E-state index in [0.29, 0.717) is 22.2 Å². The number of benzene rings is 1. The first kappa shape index (κ1) is 14.4. The highest BCUT2D eigenvalue weighted by Gasteiger charge is 2.16. The van der Waals surface area contributed by atoms with Gasteiger partial charge in [0.1, 0.15) is 16.1 Å². The third-order valence-corrected chi connectivity index (χ3v) is 3.85. The molecule has 0 radical (unpaired) electrons. The number of hydrogen-bond donors (Lipinski definition) is 0. The number of aromatic nitrogens is 2. The predicted molar refractivity (Wildman–Crippen MR) is 84.9 cm³/mol. The van der Waals surface area contributed by atoms with Crippen LogP contribution in [0.25, 0.3) is 22.5 Å². The van der Waals surface area contributed by atoms with Crippen LogP contribution in [0, 0.1) is 6.92 Å². The third-order valence-electron chi connectivity index (χ3n) is 3.05. The van der Waals surface area contributed by atoms with E-state index in [4.69, 9.17) is 39.2 Å². The highest BCUT2D eigenvalue weighted by atomic mass is 35.5. The van der Waals surface area contributed by atoms with E-state index in [-0.39, 0.29) is 10.3 Å². The molecule has 0 spiro atoms. The first-order valence-corrected chi connectivity index (χ1v) is 7.23. The summed E-state index contributed by atoms with van der Waals surface area (Å²) < 4.78 is 5.25. The van der Waals surface area contributed by atoms with E-state index in [1.807, 2.05) is 19.1 Å². The van der Waals surface area contributed by atoms with Gasteiger partial charge in [0.2, 0.25) is 0 Å². The second kappa shape index (κ2) is 5.68. The summed E-state index contributed by atoms with van der Waals surface area (Å²) in [7, 11) is 0. The lowest BCUT2D eigenvalue weighted by Crippen LogP contribution is -1.94. The second-order valence-corrected chi connectivity index (χ2v) is 5.55. The van der Waals surface area contributed by atoms with Crippen molar-refractivity contribution in [2.45, 2.75) is 6.92 Å². The predicted octanol–water partition coefficient (Wildman–Crippen LogP) is 5.67. The Labute approximate surface area is 136 Å². The van der Waals surface area contributed by atoms with Crippen LogP contribution in [-0.2, 0) is 0 Å². The van der Waals surface area contributed by atoms with Gasteiger partial charge in [-0.05, 0) is 30.7 Å². The van der Waals surface area contributed by atoms with Gasteiger partial charge < -0.3 is 4.42 Å². The Morgan fingerprint density at radius 2 is 1.52 bits per heavy atom. The Morgan fingerprint density at radius 1 is 0.905 bits per heavy atom. The summed E-state index contributed by atoms with van der Waals surface area (Å²) in [5.74, 6) is 1.15. The van der Waals surface area contributed by atoms with Gasteiger partial charge >= 0.3 is 0 Å². The Morgan fingerprint density at radius 3 is 2.05 bits per heavy atom. The monoisotopic (exact) mass is 338 g/mol. The van der Waals surface area contributed by atoms with E-state index in [9.17, 15) is 0 Å². The molecule has 0 aliphatic rings. The molecule has 0 saturated heterocycles. The molecule has 0 atom stereocenters. The summed E-state index contributed by atoms with van der Waals surface area (Å²) in [6.45, 7) is 1.83. The number of nitrogens with zero attached hydrogens (tertiary/aromatic N) is 2. The molecule has 21 heavy (non-hydrogen) atoms. The van der Waals surface area contributed by atoms with Gasteiger partial charge in [-0.2, -0.15) is 0 Å². The quantitative estimate of drug-likeness (QED) is 0.564. The van der Waals surface area contributed by atoms with Crippen LogP contribution >= 0.6 is 34.8 Å². The topological polar surface area (TPSA) is 38.9 Å². The van der Waals surface area contributed by atoms with Crippen LogP contribution in [0.1, 0.15) is 5.76 Å². The Kier molecular flexibility index (Phi) is 3.89. The van der Waals surface area contributed by atoms with Crippen molar-refractivity contribution in [2.75, 3.05) is 0 Å². The van der Waals surface area contributed by atoms with E-state index in [0.717, 1.165) is 11.1 Å². The highest BCUT2D eigenvalue weighted by molar-refractivity contribution is 6.38. The lowest BCUT2D eigenvalue weighted by atomic mass is 10.1. The number of halogens is 3. The highest BCUT2D eigenvalue weighted by Crippen LogP contribution is 2.35. The number of rotatable bonds is 2. The Balaban J connectivity index is 2.13. The molecule has 0 aliphatic heterocycles. The molecule has 2 heterocycles. The first-order chi connectivity index (χ1) is 10.1. The molecule has 0 fully saturated rings. The molecular formula is C15H9Cl3N2O. The molecule has 0 bridgehead atoms. The Bertz CT molecular complexity index is 774. The molecular weight excluding hydrogens is 331 g/mol. The smallest absolute Gasteiger partial charge is 0.166 e. The standard InChI is InChI=1S/C15H9Cl3N2O/c1-8-11(6-7-21-8)15-19-13(17)12(14(18)20-15)9-2-4-10(16)5-3-9/h2-7H,1H3. The normalized spacial score (nSPS) is 10.9. The van der Waals surface area contributed by atoms with Crippen LogP contribution in [-0.4, -0.2) is 9.97 Å². The summed E-state index contributed by atoms with van der Waals surface area (Å²) in [6.07, 6.45) is 1.57. The maximum absolute atomic E-state index is 6.28. The summed E-state index contributed by atoms with van der Waals surface area (Å²) in [5.41, 5.74) is 2.16. The van der Waals surface area contributed by atoms with E-state index in [2.05, 4.69) is 9.97 Å². The average molecular weight is 340 g/mol. The fraction of sp³-hybridized carbons (Fsp3) is 0.0667. The van der Waals surface area contributed by atoms with Gasteiger partial charge in [0.05, 0.1) is 17.4 Å². The molecule has 2 aromatic heterocycles. The lowest BCUT2D eigenvalue weighted by Gasteiger charge is -2.08. The van der Waals surface area contributed by atoms with Crippen molar-refractivity contribution in [1.29, 1.82) is 0 Å². The summed E-state index contributed by atoms with van der Waals surface area (Å²) >= 11 is 18.4. The minimum Gasteiger partial charge on any atom is -0.469 e. The first-order valence-electron chi connectivity index (χ1n) is 6.09. The zero-order valence-corrected chi connectivity index (χ0v) is 13.2. The van der Waals surface area contributed by atoms with Crippen molar-refractivity contribution in [3.8, 4) is 22.5 Å². The van der Waals surface area contributed by atoms with Crippen molar-refractivity contribution >= 4 is 34.8 Å². The molecule has 3 rings (SSSR count). The molecule has 3 aromatic rings. The van der Waals surface area contributed by atoms with Gasteiger partial charge in [0, 0.05) is 5.02 Å². The minimum atomic E-state index is 0.285. The largest absolute Gasteiger partial charge is 0.469 e. The molecule has 1 aromatic carbocycles. The zero-order valence-electron chi connectivity index (χ0n) is 10.9. The van der Waals surface area contributed by atoms with Crippen LogP contribution in [0.2, 0.25) is 15.3 Å². The van der Waals surface area contributed by atoms with Gasteiger partial charge in [0.25, 0.3) is 0 Å². The second-order valence-electron chi connectivity index (χ2n) is 4.40. The van der Waals surface area contributed by atoms with Gasteiger partial charge in [-0.15, -0.1) is 0 Å². The van der Waals surface area contributed by atoms with E-state index in [1.165, 1.54) is 0 Å².